The fourth-order valence-corrected chi connectivity index (χ4v) is 6.97. The van der Waals surface area contributed by atoms with Gasteiger partial charge in [-0.2, -0.15) is 0 Å². The van der Waals surface area contributed by atoms with Crippen LogP contribution < -0.4 is 10.6 Å². The van der Waals surface area contributed by atoms with Crippen LogP contribution in [-0.4, -0.2) is 19.0 Å². The molecule has 0 spiro atoms. The molecule has 0 atom stereocenters. The van der Waals surface area contributed by atoms with Gasteiger partial charge in [-0.15, -0.1) is 0 Å². The number of amides is 1. The van der Waals surface area contributed by atoms with Crippen molar-refractivity contribution < 1.29 is 4.79 Å². The number of allylic oxidation sites excluding steroid dienone is 1. The number of carbonyl (C=O) groups excluding carboxylic acids is 1. The van der Waals surface area contributed by atoms with Gasteiger partial charge in [-0.3, -0.25) is 4.79 Å². The molecule has 26 heavy (non-hydrogen) atoms. The van der Waals surface area contributed by atoms with Crippen LogP contribution in [0.15, 0.2) is 30.3 Å². The number of carbonyl (C=O) groups is 1. The zero-order chi connectivity index (χ0) is 17.7. The Bertz CT molecular complexity index is 715. The highest BCUT2D eigenvalue weighted by molar-refractivity contribution is 6.32. The van der Waals surface area contributed by atoms with Gasteiger partial charge in [-0.05, 0) is 80.6 Å². The van der Waals surface area contributed by atoms with Gasteiger partial charge >= 0.3 is 0 Å². The lowest BCUT2D eigenvalue weighted by Gasteiger charge is -2.57. The van der Waals surface area contributed by atoms with Crippen molar-refractivity contribution in [1.82, 2.24) is 0 Å². The molecule has 4 bridgehead atoms. The third-order valence-corrected chi connectivity index (χ3v) is 7.50. The maximum Gasteiger partial charge on any atom is 0.258 e. The number of hydrogen-bond acceptors (Lipinski definition) is 2. The van der Waals surface area contributed by atoms with E-state index in [1.54, 1.807) is 0 Å². The Hall–Kier alpha value is -1.61. The van der Waals surface area contributed by atoms with Gasteiger partial charge in [0.1, 0.15) is 0 Å². The van der Waals surface area contributed by atoms with Crippen LogP contribution in [0.5, 0.6) is 0 Å². The molecular formula is C23H30N2O. The van der Waals surface area contributed by atoms with E-state index in [0.29, 0.717) is 18.5 Å². The molecule has 1 aromatic carbocycles. The molecule has 0 unspecified atom stereocenters. The SMILES string of the molecule is NCCN1C(=O)/C(=C/CCC23CC4CC(CC(C4)C2)C3)c2ccccc21. The Labute approximate surface area is 156 Å². The number of anilines is 1. The molecule has 1 aromatic rings. The molecular weight excluding hydrogens is 320 g/mol. The largest absolute Gasteiger partial charge is 0.329 e. The first-order chi connectivity index (χ1) is 12.7. The molecule has 4 aliphatic carbocycles. The number of nitrogens with zero attached hydrogens (tertiary/aromatic N) is 1. The van der Waals surface area contributed by atoms with Gasteiger partial charge in [-0.25, -0.2) is 0 Å². The molecule has 1 amide bonds. The van der Waals surface area contributed by atoms with Crippen LogP contribution in [0.2, 0.25) is 0 Å². The minimum atomic E-state index is 0.141. The number of fused-ring (bicyclic) bond motifs is 1. The maximum atomic E-state index is 12.9. The summed E-state index contributed by atoms with van der Waals surface area (Å²) in [6, 6.07) is 8.17. The van der Waals surface area contributed by atoms with Crippen LogP contribution in [0.4, 0.5) is 5.69 Å². The second-order valence-electron chi connectivity index (χ2n) is 9.34. The smallest absolute Gasteiger partial charge is 0.258 e. The molecule has 4 saturated carbocycles. The fraction of sp³-hybridized carbons (Fsp3) is 0.609. The lowest BCUT2D eigenvalue weighted by atomic mass is 9.48. The van der Waals surface area contributed by atoms with Gasteiger partial charge in [0.15, 0.2) is 0 Å². The molecule has 0 saturated heterocycles. The number of rotatable bonds is 5. The Morgan fingerprint density at radius 2 is 1.73 bits per heavy atom. The van der Waals surface area contributed by atoms with Crippen LogP contribution >= 0.6 is 0 Å². The van der Waals surface area contributed by atoms with Crippen molar-refractivity contribution in [2.24, 2.45) is 28.9 Å². The van der Waals surface area contributed by atoms with Crippen molar-refractivity contribution in [3.05, 3.63) is 35.9 Å². The molecule has 0 radical (unpaired) electrons. The number of benzene rings is 1. The zero-order valence-electron chi connectivity index (χ0n) is 15.6. The summed E-state index contributed by atoms with van der Waals surface area (Å²) in [5.74, 6) is 3.15. The molecule has 3 heteroatoms. The van der Waals surface area contributed by atoms with Crippen molar-refractivity contribution in [1.29, 1.82) is 0 Å². The van der Waals surface area contributed by atoms with E-state index in [0.717, 1.165) is 41.0 Å². The lowest BCUT2D eigenvalue weighted by molar-refractivity contribution is -0.113. The summed E-state index contributed by atoms with van der Waals surface area (Å²) in [6.45, 7) is 1.10. The van der Waals surface area contributed by atoms with Crippen molar-refractivity contribution in [3.63, 3.8) is 0 Å². The Morgan fingerprint density at radius 1 is 1.08 bits per heavy atom. The van der Waals surface area contributed by atoms with Gasteiger partial charge in [-0.1, -0.05) is 24.3 Å². The first-order valence-corrected chi connectivity index (χ1v) is 10.5. The van der Waals surface area contributed by atoms with Crippen LogP contribution in [0, 0.1) is 23.2 Å². The van der Waals surface area contributed by atoms with E-state index in [9.17, 15) is 4.79 Å². The van der Waals surface area contributed by atoms with Gasteiger partial charge < -0.3 is 10.6 Å². The molecule has 5 aliphatic rings. The van der Waals surface area contributed by atoms with Gasteiger partial charge in [0.05, 0.1) is 5.69 Å². The summed E-state index contributed by atoms with van der Waals surface area (Å²) in [5, 5.41) is 0. The second-order valence-corrected chi connectivity index (χ2v) is 9.34. The highest BCUT2D eigenvalue weighted by Crippen LogP contribution is 2.61. The highest BCUT2D eigenvalue weighted by atomic mass is 16.2. The van der Waals surface area contributed by atoms with E-state index in [-0.39, 0.29) is 5.91 Å². The van der Waals surface area contributed by atoms with Crippen LogP contribution in [0.3, 0.4) is 0 Å². The average Bonchev–Trinajstić information content (AvgIpc) is 2.87. The molecule has 138 valence electrons. The normalized spacial score (nSPS) is 36.2. The standard InChI is InChI=1S/C23H30N2O/c24-8-9-25-21-6-2-1-4-19(21)20(22(25)26)5-3-7-23-13-16-10-17(14-23)12-18(11-16)15-23/h1-2,4-6,16-18H,3,7-15,24H2/b20-5+. The third-order valence-electron chi connectivity index (χ3n) is 7.50. The molecule has 3 nitrogen and oxygen atoms in total. The predicted octanol–water partition coefficient (Wildman–Crippen LogP) is 4.37. The Morgan fingerprint density at radius 3 is 2.38 bits per heavy atom. The van der Waals surface area contributed by atoms with Crippen LogP contribution in [0.1, 0.15) is 56.9 Å². The maximum absolute atomic E-state index is 12.9. The molecule has 6 rings (SSSR count). The highest BCUT2D eigenvalue weighted by Gasteiger charge is 2.50. The summed E-state index contributed by atoms with van der Waals surface area (Å²) in [6.07, 6.45) is 13.4. The summed E-state index contributed by atoms with van der Waals surface area (Å²) in [4.78, 5) is 14.8. The summed E-state index contributed by atoms with van der Waals surface area (Å²) >= 11 is 0. The number of hydrogen-bond donors (Lipinski definition) is 1. The minimum Gasteiger partial charge on any atom is -0.329 e. The zero-order valence-corrected chi connectivity index (χ0v) is 15.6. The topological polar surface area (TPSA) is 46.3 Å². The van der Waals surface area contributed by atoms with E-state index in [1.807, 2.05) is 23.1 Å². The van der Waals surface area contributed by atoms with E-state index in [1.165, 1.54) is 44.9 Å². The number of nitrogens with two attached hydrogens (primary N) is 1. The van der Waals surface area contributed by atoms with Crippen molar-refractivity contribution in [3.8, 4) is 0 Å². The average molecular weight is 351 g/mol. The first kappa shape index (κ1) is 16.6. The first-order valence-electron chi connectivity index (χ1n) is 10.5. The van der Waals surface area contributed by atoms with E-state index in [4.69, 9.17) is 5.73 Å². The quantitative estimate of drug-likeness (QED) is 0.802. The van der Waals surface area contributed by atoms with Crippen molar-refractivity contribution >= 4 is 17.2 Å². The van der Waals surface area contributed by atoms with Crippen molar-refractivity contribution in [2.45, 2.75) is 51.4 Å². The monoisotopic (exact) mass is 350 g/mol. The lowest BCUT2D eigenvalue weighted by Crippen LogP contribution is -2.45. The Kier molecular flexibility index (Phi) is 3.97. The summed E-state index contributed by atoms with van der Waals surface area (Å²) in [7, 11) is 0. The summed E-state index contributed by atoms with van der Waals surface area (Å²) < 4.78 is 0. The number of para-hydroxylation sites is 1. The molecule has 1 heterocycles. The van der Waals surface area contributed by atoms with E-state index < -0.39 is 0 Å². The molecule has 4 fully saturated rings. The van der Waals surface area contributed by atoms with Crippen LogP contribution in [0.25, 0.3) is 5.57 Å². The molecule has 0 aromatic heterocycles. The second kappa shape index (κ2) is 6.23. The van der Waals surface area contributed by atoms with Gasteiger partial charge in [0.25, 0.3) is 5.91 Å². The van der Waals surface area contributed by atoms with E-state index >= 15 is 0 Å². The van der Waals surface area contributed by atoms with Gasteiger partial charge in [0, 0.05) is 24.2 Å². The third kappa shape index (κ3) is 2.63. The Balaban J connectivity index is 1.34. The van der Waals surface area contributed by atoms with Crippen LogP contribution in [-0.2, 0) is 4.79 Å². The van der Waals surface area contributed by atoms with E-state index in [2.05, 4.69) is 12.1 Å². The molecule has 2 N–H and O–H groups in total. The summed E-state index contributed by atoms with van der Waals surface area (Å²) in [5.41, 5.74) is 9.34. The minimum absolute atomic E-state index is 0.141. The van der Waals surface area contributed by atoms with Gasteiger partial charge in [0.2, 0.25) is 0 Å². The fourth-order valence-electron chi connectivity index (χ4n) is 6.97. The predicted molar refractivity (Wildman–Crippen MR) is 106 cm³/mol. The molecule has 1 aliphatic heterocycles. The van der Waals surface area contributed by atoms with Crippen molar-refractivity contribution in [2.75, 3.05) is 18.0 Å².